The summed E-state index contributed by atoms with van der Waals surface area (Å²) in [6.45, 7) is 1.91. The van der Waals surface area contributed by atoms with E-state index < -0.39 is 4.92 Å². The van der Waals surface area contributed by atoms with Gasteiger partial charge in [0.1, 0.15) is 0 Å². The van der Waals surface area contributed by atoms with Crippen LogP contribution in [0.5, 0.6) is 11.5 Å². The summed E-state index contributed by atoms with van der Waals surface area (Å²) in [6.07, 6.45) is 0.632. The summed E-state index contributed by atoms with van der Waals surface area (Å²) in [4.78, 5) is 10.2. The lowest BCUT2D eigenvalue weighted by Gasteiger charge is -2.08. The van der Waals surface area contributed by atoms with Crippen LogP contribution >= 0.6 is 0 Å². The number of aromatic nitrogens is 2. The van der Waals surface area contributed by atoms with Crippen LogP contribution in [0.4, 0.5) is 5.69 Å². The number of hydrogen-bond donors (Lipinski definition) is 0. The number of ether oxygens (including phenoxy) is 2. The fourth-order valence-corrected chi connectivity index (χ4v) is 1.52. The first-order valence-corrected chi connectivity index (χ1v) is 5.90. The van der Waals surface area contributed by atoms with Crippen LogP contribution in [-0.4, -0.2) is 22.2 Å². The number of hydrogen-bond acceptors (Lipinski definition) is 7. The molecule has 0 amide bonds. The highest BCUT2D eigenvalue weighted by molar-refractivity contribution is 5.48. The van der Waals surface area contributed by atoms with Crippen molar-refractivity contribution in [3.8, 4) is 11.5 Å². The van der Waals surface area contributed by atoms with E-state index in [1.807, 2.05) is 6.92 Å². The van der Waals surface area contributed by atoms with Gasteiger partial charge >= 0.3 is 0 Å². The molecule has 2 aromatic rings. The molecule has 8 nitrogen and oxygen atoms in total. The summed E-state index contributed by atoms with van der Waals surface area (Å²) in [7, 11) is 1.45. The summed E-state index contributed by atoms with van der Waals surface area (Å²) in [5.41, 5.74) is -0.0828. The molecule has 0 radical (unpaired) electrons. The van der Waals surface area contributed by atoms with Gasteiger partial charge in [-0.05, 0) is 6.07 Å². The molecule has 106 valence electrons. The third-order valence-corrected chi connectivity index (χ3v) is 2.52. The quantitative estimate of drug-likeness (QED) is 0.589. The molecule has 0 saturated carbocycles. The molecule has 8 heteroatoms. The van der Waals surface area contributed by atoms with Gasteiger partial charge in [-0.2, -0.15) is 0 Å². The molecule has 0 unspecified atom stereocenters. The Morgan fingerprint density at radius 3 is 2.65 bits per heavy atom. The monoisotopic (exact) mass is 279 g/mol. The second-order valence-corrected chi connectivity index (χ2v) is 3.82. The molecule has 0 atom stereocenters. The maximum Gasteiger partial charge on any atom is 0.273 e. The third-order valence-electron chi connectivity index (χ3n) is 2.52. The highest BCUT2D eigenvalue weighted by atomic mass is 16.6. The number of methoxy groups -OCH3 is 1. The molecule has 1 aromatic heterocycles. The summed E-state index contributed by atoms with van der Waals surface area (Å²) in [5, 5.41) is 18.3. The molecule has 0 N–H and O–H groups in total. The number of aryl methyl sites for hydroxylation is 1. The van der Waals surface area contributed by atoms with Crippen molar-refractivity contribution in [3.05, 3.63) is 40.1 Å². The van der Waals surface area contributed by atoms with E-state index in [-0.39, 0.29) is 18.0 Å². The standard InChI is InChI=1S/C12H13N3O5/c1-3-11-13-14-12(20-11)7-19-10-6-8(15(16)17)4-5-9(10)18-2/h4-6H,3,7H2,1-2H3. The fraction of sp³-hybridized carbons (Fsp3) is 0.333. The second kappa shape index (κ2) is 6.00. The fourth-order valence-electron chi connectivity index (χ4n) is 1.52. The van der Waals surface area contributed by atoms with Gasteiger partial charge in [-0.15, -0.1) is 10.2 Å². The van der Waals surface area contributed by atoms with Crippen LogP contribution in [0, 0.1) is 10.1 Å². The summed E-state index contributed by atoms with van der Waals surface area (Å²) in [6, 6.07) is 4.10. The van der Waals surface area contributed by atoms with E-state index in [1.165, 1.54) is 25.3 Å². The first-order valence-electron chi connectivity index (χ1n) is 5.90. The highest BCUT2D eigenvalue weighted by Crippen LogP contribution is 2.31. The Morgan fingerprint density at radius 2 is 2.05 bits per heavy atom. The van der Waals surface area contributed by atoms with E-state index in [2.05, 4.69) is 10.2 Å². The van der Waals surface area contributed by atoms with Gasteiger partial charge in [0.05, 0.1) is 18.1 Å². The molecule has 0 aliphatic heterocycles. The zero-order chi connectivity index (χ0) is 14.5. The van der Waals surface area contributed by atoms with Crippen LogP contribution in [0.25, 0.3) is 0 Å². The zero-order valence-corrected chi connectivity index (χ0v) is 11.0. The van der Waals surface area contributed by atoms with Crippen LogP contribution in [0.3, 0.4) is 0 Å². The number of nitro groups is 1. The van der Waals surface area contributed by atoms with Gasteiger partial charge in [0.15, 0.2) is 18.1 Å². The molecule has 0 saturated heterocycles. The van der Waals surface area contributed by atoms with E-state index >= 15 is 0 Å². The first kappa shape index (κ1) is 13.8. The normalized spacial score (nSPS) is 10.3. The average Bonchev–Trinajstić information content (AvgIpc) is 2.92. The van der Waals surface area contributed by atoms with Crippen molar-refractivity contribution in [3.63, 3.8) is 0 Å². The van der Waals surface area contributed by atoms with Crippen molar-refractivity contribution < 1.29 is 18.8 Å². The summed E-state index contributed by atoms with van der Waals surface area (Å²) < 4.78 is 15.8. The molecule has 2 rings (SSSR count). The molecule has 0 aliphatic carbocycles. The van der Waals surface area contributed by atoms with E-state index in [9.17, 15) is 10.1 Å². The van der Waals surface area contributed by atoms with Gasteiger partial charge in [0.25, 0.3) is 11.6 Å². The van der Waals surface area contributed by atoms with Gasteiger partial charge in [0, 0.05) is 12.5 Å². The number of nitrogens with zero attached hydrogens (tertiary/aromatic N) is 3. The molecule has 1 heterocycles. The second-order valence-electron chi connectivity index (χ2n) is 3.82. The van der Waals surface area contributed by atoms with Crippen molar-refractivity contribution >= 4 is 5.69 Å². The van der Waals surface area contributed by atoms with Crippen molar-refractivity contribution in [2.75, 3.05) is 7.11 Å². The predicted molar refractivity (Wildman–Crippen MR) is 67.7 cm³/mol. The Bertz CT molecular complexity index is 611. The molecule has 20 heavy (non-hydrogen) atoms. The average molecular weight is 279 g/mol. The van der Waals surface area contributed by atoms with E-state index in [0.29, 0.717) is 24.0 Å². The minimum Gasteiger partial charge on any atom is -0.493 e. The Balaban J connectivity index is 2.14. The van der Waals surface area contributed by atoms with E-state index in [4.69, 9.17) is 13.9 Å². The molecule has 1 aromatic carbocycles. The molecular weight excluding hydrogens is 266 g/mol. The molecule has 0 fully saturated rings. The Labute approximate surface area is 114 Å². The van der Waals surface area contributed by atoms with Gasteiger partial charge in [0.2, 0.25) is 5.89 Å². The maximum atomic E-state index is 10.7. The Kier molecular flexibility index (Phi) is 4.14. The largest absolute Gasteiger partial charge is 0.493 e. The SMILES string of the molecule is CCc1nnc(COc2cc([N+](=O)[O-])ccc2OC)o1. The zero-order valence-electron chi connectivity index (χ0n) is 11.0. The lowest BCUT2D eigenvalue weighted by Crippen LogP contribution is -1.99. The minimum atomic E-state index is -0.506. The van der Waals surface area contributed by atoms with Crippen LogP contribution in [-0.2, 0) is 13.0 Å². The lowest BCUT2D eigenvalue weighted by molar-refractivity contribution is -0.385. The van der Waals surface area contributed by atoms with Crippen molar-refractivity contribution in [2.24, 2.45) is 0 Å². The van der Waals surface area contributed by atoms with Gasteiger partial charge in [-0.1, -0.05) is 6.92 Å². The van der Waals surface area contributed by atoms with E-state index in [1.54, 1.807) is 0 Å². The van der Waals surface area contributed by atoms with Crippen molar-refractivity contribution in [1.29, 1.82) is 0 Å². The van der Waals surface area contributed by atoms with Crippen LogP contribution in [0.15, 0.2) is 22.6 Å². The maximum absolute atomic E-state index is 10.7. The summed E-state index contributed by atoms with van der Waals surface area (Å²) in [5.74, 6) is 1.45. The van der Waals surface area contributed by atoms with Crippen LogP contribution < -0.4 is 9.47 Å². The van der Waals surface area contributed by atoms with Gasteiger partial charge in [-0.25, -0.2) is 0 Å². The smallest absolute Gasteiger partial charge is 0.273 e. The third kappa shape index (κ3) is 3.02. The summed E-state index contributed by atoms with van der Waals surface area (Å²) >= 11 is 0. The molecule has 0 spiro atoms. The first-order chi connectivity index (χ1) is 9.63. The number of benzene rings is 1. The van der Waals surface area contributed by atoms with Gasteiger partial charge in [-0.3, -0.25) is 10.1 Å². The number of non-ortho nitro benzene ring substituents is 1. The minimum absolute atomic E-state index is 0.0184. The van der Waals surface area contributed by atoms with Crippen molar-refractivity contribution in [1.82, 2.24) is 10.2 Å². The number of rotatable bonds is 6. The molecular formula is C12H13N3O5. The topological polar surface area (TPSA) is 101 Å². The van der Waals surface area contributed by atoms with E-state index in [0.717, 1.165) is 0 Å². The Hall–Kier alpha value is -2.64. The highest BCUT2D eigenvalue weighted by Gasteiger charge is 2.14. The molecule has 0 aliphatic rings. The predicted octanol–water partition coefficient (Wildman–Crippen LogP) is 2.13. The van der Waals surface area contributed by atoms with Crippen LogP contribution in [0.2, 0.25) is 0 Å². The van der Waals surface area contributed by atoms with Crippen LogP contribution in [0.1, 0.15) is 18.7 Å². The van der Waals surface area contributed by atoms with Crippen molar-refractivity contribution in [2.45, 2.75) is 20.0 Å². The van der Waals surface area contributed by atoms with Gasteiger partial charge < -0.3 is 13.9 Å². The number of nitro benzene ring substituents is 1. The Morgan fingerprint density at radius 1 is 1.30 bits per heavy atom. The lowest BCUT2D eigenvalue weighted by atomic mass is 10.3. The molecule has 0 bridgehead atoms.